The maximum atomic E-state index is 12.3. The van der Waals surface area contributed by atoms with Crippen molar-refractivity contribution in [1.82, 2.24) is 4.90 Å². The summed E-state index contributed by atoms with van der Waals surface area (Å²) in [4.78, 5) is 13.6. The van der Waals surface area contributed by atoms with Crippen LogP contribution in [0.2, 0.25) is 0 Å². The number of hydrogen-bond donors (Lipinski definition) is 2. The summed E-state index contributed by atoms with van der Waals surface area (Å²) in [7, 11) is 0. The number of hydrogen-bond acceptors (Lipinski definition) is 6. The van der Waals surface area contributed by atoms with Crippen LogP contribution in [0.3, 0.4) is 0 Å². The fraction of sp³-hybridized carbons (Fsp3) is 0.500. The molecule has 1 fully saturated rings. The Morgan fingerprint density at radius 1 is 0.970 bits per heavy atom. The second-order valence-electron chi connectivity index (χ2n) is 9.36. The summed E-state index contributed by atoms with van der Waals surface area (Å²) in [5.74, 6) is 0.237. The maximum absolute atomic E-state index is 12.3. The van der Waals surface area contributed by atoms with Crippen LogP contribution in [0, 0.1) is 0 Å². The Hall–Kier alpha value is -2.61. The van der Waals surface area contributed by atoms with E-state index >= 15 is 0 Å². The van der Waals surface area contributed by atoms with E-state index in [9.17, 15) is 15.0 Å². The van der Waals surface area contributed by atoms with Gasteiger partial charge >= 0.3 is 6.09 Å². The summed E-state index contributed by atoms with van der Waals surface area (Å²) in [5, 5.41) is 21.3. The molecule has 33 heavy (non-hydrogen) atoms. The van der Waals surface area contributed by atoms with Crippen molar-refractivity contribution < 1.29 is 29.2 Å². The van der Waals surface area contributed by atoms with E-state index in [1.807, 2.05) is 54.6 Å². The molecule has 1 unspecified atom stereocenters. The van der Waals surface area contributed by atoms with Gasteiger partial charge in [0.15, 0.2) is 0 Å². The third kappa shape index (κ3) is 7.74. The van der Waals surface area contributed by atoms with E-state index < -0.39 is 29.8 Å². The summed E-state index contributed by atoms with van der Waals surface area (Å²) >= 11 is 0. The first-order chi connectivity index (χ1) is 15.7. The first kappa shape index (κ1) is 25.0. The smallest absolute Gasteiger partial charge is 0.410 e. The second kappa shape index (κ2) is 11.5. The van der Waals surface area contributed by atoms with Gasteiger partial charge in [0.1, 0.15) is 11.4 Å². The SMILES string of the molecule is CC(C)(C)OC(=O)N1C[C@@H](O)C(c2ccc(OCCCOCc3ccccc3)cc2)[C@@H](O)C1. The van der Waals surface area contributed by atoms with Gasteiger partial charge in [-0.1, -0.05) is 42.5 Å². The molecule has 1 saturated heterocycles. The first-order valence-electron chi connectivity index (χ1n) is 11.4. The Kier molecular flexibility index (Phi) is 8.72. The lowest BCUT2D eigenvalue weighted by atomic mass is 9.85. The van der Waals surface area contributed by atoms with E-state index in [1.54, 1.807) is 20.8 Å². The van der Waals surface area contributed by atoms with Crippen LogP contribution in [0.15, 0.2) is 54.6 Å². The van der Waals surface area contributed by atoms with Gasteiger partial charge in [-0.25, -0.2) is 4.79 Å². The molecule has 3 atom stereocenters. The highest BCUT2D eigenvalue weighted by molar-refractivity contribution is 5.68. The van der Waals surface area contributed by atoms with E-state index in [4.69, 9.17) is 14.2 Å². The fourth-order valence-corrected chi connectivity index (χ4v) is 3.83. The first-order valence-corrected chi connectivity index (χ1v) is 11.4. The summed E-state index contributed by atoms with van der Waals surface area (Å²) in [6.07, 6.45) is -1.55. The number of aliphatic hydroxyl groups excluding tert-OH is 2. The Morgan fingerprint density at radius 2 is 1.61 bits per heavy atom. The quantitative estimate of drug-likeness (QED) is 0.588. The minimum absolute atomic E-state index is 0.109. The number of rotatable bonds is 8. The molecular formula is C26H35NO6. The highest BCUT2D eigenvalue weighted by Gasteiger charge is 2.39. The lowest BCUT2D eigenvalue weighted by Gasteiger charge is -2.40. The molecule has 1 aliphatic heterocycles. The number of β-amino-alcohol motifs (C(OH)–C–C–N with tert-alkyl or cyclic N) is 2. The maximum Gasteiger partial charge on any atom is 0.410 e. The number of nitrogens with zero attached hydrogens (tertiary/aromatic N) is 1. The molecule has 1 heterocycles. The van der Waals surface area contributed by atoms with Crippen LogP contribution in [0.4, 0.5) is 4.79 Å². The van der Waals surface area contributed by atoms with Gasteiger partial charge in [-0.2, -0.15) is 0 Å². The van der Waals surface area contributed by atoms with Crippen LogP contribution in [0.25, 0.3) is 0 Å². The largest absolute Gasteiger partial charge is 0.494 e. The van der Waals surface area contributed by atoms with Crippen LogP contribution in [0.1, 0.15) is 44.2 Å². The highest BCUT2D eigenvalue weighted by atomic mass is 16.6. The predicted octanol–water partition coefficient (Wildman–Crippen LogP) is 3.73. The van der Waals surface area contributed by atoms with E-state index in [2.05, 4.69) is 0 Å². The summed E-state index contributed by atoms with van der Waals surface area (Å²) in [5.41, 5.74) is 1.32. The third-order valence-corrected chi connectivity index (χ3v) is 5.37. The van der Waals surface area contributed by atoms with Crippen LogP contribution in [0.5, 0.6) is 5.75 Å². The molecule has 1 amide bonds. The Balaban J connectivity index is 1.43. The molecule has 180 valence electrons. The number of carbonyl (C=O) groups is 1. The van der Waals surface area contributed by atoms with Crippen molar-refractivity contribution in [2.24, 2.45) is 0 Å². The number of piperidine rings is 1. The topological polar surface area (TPSA) is 88.5 Å². The number of likely N-dealkylation sites (tertiary alicyclic amines) is 1. The number of amides is 1. The zero-order valence-corrected chi connectivity index (χ0v) is 19.6. The normalized spacial score (nSPS) is 21.0. The van der Waals surface area contributed by atoms with Crippen molar-refractivity contribution in [3.8, 4) is 5.75 Å². The Bertz CT molecular complexity index is 853. The van der Waals surface area contributed by atoms with Crippen molar-refractivity contribution >= 4 is 6.09 Å². The molecule has 7 nitrogen and oxygen atoms in total. The van der Waals surface area contributed by atoms with Crippen LogP contribution >= 0.6 is 0 Å². The average Bonchev–Trinajstić information content (AvgIpc) is 2.76. The van der Waals surface area contributed by atoms with Gasteiger partial charge in [-0.15, -0.1) is 0 Å². The van der Waals surface area contributed by atoms with Crippen molar-refractivity contribution in [3.63, 3.8) is 0 Å². The molecule has 2 N–H and O–H groups in total. The lowest BCUT2D eigenvalue weighted by Crippen LogP contribution is -2.53. The van der Waals surface area contributed by atoms with E-state index in [0.29, 0.717) is 19.8 Å². The molecule has 0 saturated carbocycles. The second-order valence-corrected chi connectivity index (χ2v) is 9.36. The van der Waals surface area contributed by atoms with Crippen molar-refractivity contribution in [2.75, 3.05) is 26.3 Å². The predicted molar refractivity (Wildman–Crippen MR) is 125 cm³/mol. The monoisotopic (exact) mass is 457 g/mol. The molecule has 2 aromatic carbocycles. The number of benzene rings is 2. The highest BCUT2D eigenvalue weighted by Crippen LogP contribution is 2.31. The van der Waals surface area contributed by atoms with E-state index in [0.717, 1.165) is 23.3 Å². The lowest BCUT2D eigenvalue weighted by molar-refractivity contribution is -0.0429. The zero-order chi connectivity index (χ0) is 23.8. The number of ether oxygens (including phenoxy) is 3. The van der Waals surface area contributed by atoms with Gasteiger partial charge in [0.25, 0.3) is 0 Å². The van der Waals surface area contributed by atoms with Gasteiger partial charge in [-0.05, 0) is 44.0 Å². The summed E-state index contributed by atoms with van der Waals surface area (Å²) in [6.45, 7) is 7.31. The van der Waals surface area contributed by atoms with Crippen LogP contribution < -0.4 is 4.74 Å². The van der Waals surface area contributed by atoms with Crippen LogP contribution in [-0.2, 0) is 16.1 Å². The summed E-state index contributed by atoms with van der Waals surface area (Å²) < 4.78 is 16.8. The third-order valence-electron chi connectivity index (χ3n) is 5.37. The Labute approximate surface area is 195 Å². The van der Waals surface area contributed by atoms with Gasteiger partial charge in [0, 0.05) is 12.3 Å². The fourth-order valence-electron chi connectivity index (χ4n) is 3.83. The minimum atomic E-state index is -0.894. The number of aliphatic hydroxyl groups is 2. The molecule has 0 bridgehead atoms. The van der Waals surface area contributed by atoms with Crippen molar-refractivity contribution in [1.29, 1.82) is 0 Å². The standard InChI is InChI=1S/C26H35NO6/c1-26(2,3)33-25(30)27-16-22(28)24(23(29)17-27)20-10-12-21(13-11-20)32-15-7-14-31-18-19-8-5-4-6-9-19/h4-6,8-13,22-24,28-29H,7,14-18H2,1-3H3/t22-,23+,24?. The molecule has 3 rings (SSSR count). The average molecular weight is 458 g/mol. The molecule has 1 aliphatic rings. The van der Waals surface area contributed by atoms with Crippen molar-refractivity contribution in [3.05, 3.63) is 65.7 Å². The molecule has 0 radical (unpaired) electrons. The van der Waals surface area contributed by atoms with Gasteiger partial charge in [-0.3, -0.25) is 0 Å². The molecular weight excluding hydrogens is 422 g/mol. The van der Waals surface area contributed by atoms with Crippen molar-refractivity contribution in [2.45, 2.75) is 57.5 Å². The van der Waals surface area contributed by atoms with E-state index in [1.165, 1.54) is 4.90 Å². The molecule has 0 aliphatic carbocycles. The van der Waals surface area contributed by atoms with Crippen LogP contribution in [-0.4, -0.2) is 65.3 Å². The molecule has 0 aromatic heterocycles. The minimum Gasteiger partial charge on any atom is -0.494 e. The number of carbonyl (C=O) groups excluding carboxylic acids is 1. The van der Waals surface area contributed by atoms with Gasteiger partial charge in [0.05, 0.1) is 45.1 Å². The molecule has 7 heteroatoms. The van der Waals surface area contributed by atoms with Gasteiger partial charge in [0.2, 0.25) is 0 Å². The zero-order valence-electron chi connectivity index (χ0n) is 19.6. The van der Waals surface area contributed by atoms with E-state index in [-0.39, 0.29) is 13.1 Å². The van der Waals surface area contributed by atoms with Gasteiger partial charge < -0.3 is 29.3 Å². The Morgan fingerprint density at radius 3 is 2.21 bits per heavy atom. The molecule has 2 aromatic rings. The summed E-state index contributed by atoms with van der Waals surface area (Å²) in [6, 6.07) is 17.4. The molecule has 0 spiro atoms.